The van der Waals surface area contributed by atoms with Crippen LogP contribution < -0.4 is 10.6 Å². The highest BCUT2D eigenvalue weighted by atomic mass is 16.3. The van der Waals surface area contributed by atoms with E-state index >= 15 is 0 Å². The standard InChI is InChI=1S/C21H19N3O4/c25-17-5-1-14(2-6-17)12-23-20(27)16-9-10-22-19(11-16)21(28)24-13-15-3-7-18(26)8-4-15/h1-11,25-26H,12-13H2,(H,23,27)(H,24,28). The maximum absolute atomic E-state index is 12.3. The number of nitrogens with zero attached hydrogens (tertiary/aromatic N) is 1. The number of phenols is 2. The van der Waals surface area contributed by atoms with E-state index in [9.17, 15) is 19.8 Å². The number of amides is 2. The zero-order chi connectivity index (χ0) is 19.9. The summed E-state index contributed by atoms with van der Waals surface area (Å²) in [5.74, 6) is -0.417. The second-order valence-corrected chi connectivity index (χ2v) is 6.13. The summed E-state index contributed by atoms with van der Waals surface area (Å²) in [5.41, 5.74) is 2.13. The Hall–Kier alpha value is -3.87. The molecule has 0 aliphatic carbocycles. The highest BCUT2D eigenvalue weighted by molar-refractivity contribution is 5.98. The van der Waals surface area contributed by atoms with Crippen LogP contribution in [0.15, 0.2) is 66.9 Å². The number of nitrogens with one attached hydrogen (secondary N) is 2. The Balaban J connectivity index is 1.58. The molecule has 1 heterocycles. The molecule has 0 bridgehead atoms. The molecule has 0 aliphatic heterocycles. The number of phenolic OH excluding ortho intramolecular Hbond substituents is 2. The molecule has 0 spiro atoms. The Morgan fingerprint density at radius 2 is 1.25 bits per heavy atom. The molecule has 28 heavy (non-hydrogen) atoms. The van der Waals surface area contributed by atoms with Crippen molar-refractivity contribution in [3.63, 3.8) is 0 Å². The van der Waals surface area contributed by atoms with Crippen LogP contribution in [0, 0.1) is 0 Å². The molecule has 0 saturated heterocycles. The van der Waals surface area contributed by atoms with Crippen molar-refractivity contribution < 1.29 is 19.8 Å². The molecule has 3 aromatic rings. The van der Waals surface area contributed by atoms with Crippen LogP contribution in [0.3, 0.4) is 0 Å². The van der Waals surface area contributed by atoms with Crippen molar-refractivity contribution >= 4 is 11.8 Å². The minimum atomic E-state index is -0.402. The van der Waals surface area contributed by atoms with E-state index in [0.29, 0.717) is 12.1 Å². The van der Waals surface area contributed by atoms with Crippen LogP contribution in [0.1, 0.15) is 32.0 Å². The van der Waals surface area contributed by atoms with Crippen molar-refractivity contribution in [3.8, 4) is 11.5 Å². The summed E-state index contributed by atoms with van der Waals surface area (Å²) in [5, 5.41) is 24.0. The van der Waals surface area contributed by atoms with Gasteiger partial charge < -0.3 is 20.8 Å². The average molecular weight is 377 g/mol. The van der Waals surface area contributed by atoms with Crippen LogP contribution in [0.4, 0.5) is 0 Å². The minimum absolute atomic E-state index is 0.135. The first-order valence-corrected chi connectivity index (χ1v) is 8.59. The number of carbonyl (C=O) groups excluding carboxylic acids is 2. The zero-order valence-electron chi connectivity index (χ0n) is 14.9. The van der Waals surface area contributed by atoms with Gasteiger partial charge in [0.05, 0.1) is 0 Å². The molecule has 7 heteroatoms. The lowest BCUT2D eigenvalue weighted by Crippen LogP contribution is -2.26. The second-order valence-electron chi connectivity index (χ2n) is 6.13. The van der Waals surface area contributed by atoms with Crippen LogP contribution in [-0.2, 0) is 13.1 Å². The molecule has 7 nitrogen and oxygen atoms in total. The molecule has 1 aromatic heterocycles. The second kappa shape index (κ2) is 8.68. The van der Waals surface area contributed by atoms with Gasteiger partial charge in [-0.1, -0.05) is 24.3 Å². The minimum Gasteiger partial charge on any atom is -0.508 e. The first-order chi connectivity index (χ1) is 13.5. The third kappa shape index (κ3) is 5.07. The Morgan fingerprint density at radius 3 is 1.79 bits per heavy atom. The summed E-state index contributed by atoms with van der Waals surface area (Å²) in [6, 6.07) is 16.0. The fourth-order valence-corrected chi connectivity index (χ4v) is 2.48. The number of hydrogen-bond donors (Lipinski definition) is 4. The van der Waals surface area contributed by atoms with E-state index in [1.165, 1.54) is 18.3 Å². The number of rotatable bonds is 6. The maximum atomic E-state index is 12.3. The quantitative estimate of drug-likeness (QED) is 0.527. The van der Waals surface area contributed by atoms with Crippen LogP contribution in [0.25, 0.3) is 0 Å². The normalized spacial score (nSPS) is 10.3. The number of carbonyl (C=O) groups is 2. The molecule has 4 N–H and O–H groups in total. The van der Waals surface area contributed by atoms with Crippen LogP contribution in [0.5, 0.6) is 11.5 Å². The van der Waals surface area contributed by atoms with Crippen LogP contribution in [-0.4, -0.2) is 27.0 Å². The monoisotopic (exact) mass is 377 g/mol. The fraction of sp³-hybridized carbons (Fsp3) is 0.0952. The number of aromatic nitrogens is 1. The molecule has 3 rings (SSSR count). The lowest BCUT2D eigenvalue weighted by molar-refractivity contribution is 0.0946. The van der Waals surface area contributed by atoms with E-state index in [0.717, 1.165) is 11.1 Å². The third-order valence-corrected chi connectivity index (χ3v) is 4.03. The van der Waals surface area contributed by atoms with Crippen molar-refractivity contribution in [2.75, 3.05) is 0 Å². The van der Waals surface area contributed by atoms with Gasteiger partial charge in [-0.25, -0.2) is 0 Å². The van der Waals surface area contributed by atoms with Crippen molar-refractivity contribution in [2.45, 2.75) is 13.1 Å². The number of hydrogen-bond acceptors (Lipinski definition) is 5. The van der Waals surface area contributed by atoms with E-state index in [2.05, 4.69) is 15.6 Å². The Labute approximate surface area is 161 Å². The van der Waals surface area contributed by atoms with Gasteiger partial charge in [0, 0.05) is 24.8 Å². The van der Waals surface area contributed by atoms with Gasteiger partial charge in [0.25, 0.3) is 11.8 Å². The molecule has 0 atom stereocenters. The molecule has 2 amide bonds. The Morgan fingerprint density at radius 1 is 0.750 bits per heavy atom. The van der Waals surface area contributed by atoms with Gasteiger partial charge in [-0.05, 0) is 47.5 Å². The molecule has 0 fully saturated rings. The molecular weight excluding hydrogens is 358 g/mol. The van der Waals surface area contributed by atoms with Crippen molar-refractivity contribution in [2.24, 2.45) is 0 Å². The topological polar surface area (TPSA) is 112 Å². The summed E-state index contributed by atoms with van der Waals surface area (Å²) < 4.78 is 0. The summed E-state index contributed by atoms with van der Waals surface area (Å²) >= 11 is 0. The van der Waals surface area contributed by atoms with Gasteiger partial charge >= 0.3 is 0 Å². The lowest BCUT2D eigenvalue weighted by Gasteiger charge is -2.08. The summed E-state index contributed by atoms with van der Waals surface area (Å²) in [7, 11) is 0. The molecule has 2 aromatic carbocycles. The average Bonchev–Trinajstić information content (AvgIpc) is 2.72. The first kappa shape index (κ1) is 18.9. The van der Waals surface area contributed by atoms with E-state index in [1.54, 1.807) is 48.5 Å². The predicted molar refractivity (Wildman–Crippen MR) is 103 cm³/mol. The smallest absolute Gasteiger partial charge is 0.270 e. The summed E-state index contributed by atoms with van der Waals surface area (Å²) in [4.78, 5) is 28.6. The maximum Gasteiger partial charge on any atom is 0.270 e. The van der Waals surface area contributed by atoms with Crippen molar-refractivity contribution in [3.05, 3.63) is 89.2 Å². The largest absolute Gasteiger partial charge is 0.508 e. The van der Waals surface area contributed by atoms with Crippen LogP contribution >= 0.6 is 0 Å². The predicted octanol–water partition coefficient (Wildman–Crippen LogP) is 2.35. The third-order valence-electron chi connectivity index (χ3n) is 4.03. The van der Waals surface area contributed by atoms with Gasteiger partial charge in [-0.3, -0.25) is 14.6 Å². The van der Waals surface area contributed by atoms with Gasteiger partial charge in [-0.2, -0.15) is 0 Å². The number of aromatic hydroxyl groups is 2. The zero-order valence-corrected chi connectivity index (χ0v) is 14.9. The number of pyridine rings is 1. The fourth-order valence-electron chi connectivity index (χ4n) is 2.48. The van der Waals surface area contributed by atoms with Crippen molar-refractivity contribution in [1.82, 2.24) is 15.6 Å². The van der Waals surface area contributed by atoms with Gasteiger partial charge in [0.1, 0.15) is 17.2 Å². The molecule has 0 unspecified atom stereocenters. The van der Waals surface area contributed by atoms with Gasteiger partial charge in [0.2, 0.25) is 0 Å². The van der Waals surface area contributed by atoms with Gasteiger partial charge in [-0.15, -0.1) is 0 Å². The highest BCUT2D eigenvalue weighted by Crippen LogP contribution is 2.11. The Bertz CT molecular complexity index is 893. The number of benzene rings is 2. The summed E-state index contributed by atoms with van der Waals surface area (Å²) in [6.07, 6.45) is 1.41. The Kier molecular flexibility index (Phi) is 5.86. The lowest BCUT2D eigenvalue weighted by atomic mass is 10.1. The SMILES string of the molecule is O=C(NCc1ccc(O)cc1)c1ccnc(C(=O)NCc2ccc(O)cc2)c1. The van der Waals surface area contributed by atoms with Crippen molar-refractivity contribution in [1.29, 1.82) is 0 Å². The van der Waals surface area contributed by atoms with E-state index in [1.807, 2.05) is 0 Å². The van der Waals surface area contributed by atoms with Gasteiger partial charge in [0.15, 0.2) is 0 Å². The molecule has 0 saturated carbocycles. The molecule has 0 radical (unpaired) electrons. The molecular formula is C21H19N3O4. The first-order valence-electron chi connectivity index (χ1n) is 8.59. The summed E-state index contributed by atoms with van der Waals surface area (Å²) in [6.45, 7) is 0.571. The van der Waals surface area contributed by atoms with Crippen LogP contribution in [0.2, 0.25) is 0 Å². The molecule has 142 valence electrons. The highest BCUT2D eigenvalue weighted by Gasteiger charge is 2.12. The van der Waals surface area contributed by atoms with E-state index in [-0.39, 0.29) is 29.6 Å². The van der Waals surface area contributed by atoms with E-state index < -0.39 is 5.91 Å². The van der Waals surface area contributed by atoms with E-state index in [4.69, 9.17) is 0 Å². The molecule has 0 aliphatic rings.